The Hall–Kier alpha value is -1.53. The lowest BCUT2D eigenvalue weighted by molar-refractivity contribution is -0.153. The van der Waals surface area contributed by atoms with Crippen molar-refractivity contribution in [1.82, 2.24) is 0 Å². The van der Waals surface area contributed by atoms with Gasteiger partial charge in [-0.15, -0.1) is 0 Å². The first-order chi connectivity index (χ1) is 8.08. The van der Waals surface area contributed by atoms with Gasteiger partial charge in [-0.2, -0.15) is 0 Å². The summed E-state index contributed by atoms with van der Waals surface area (Å²) in [5.74, 6) is -0.812. The van der Waals surface area contributed by atoms with Crippen molar-refractivity contribution in [2.75, 3.05) is 13.2 Å². The van der Waals surface area contributed by atoms with E-state index in [2.05, 4.69) is 0 Å². The minimum absolute atomic E-state index is 0.121. The van der Waals surface area contributed by atoms with Gasteiger partial charge in [0.2, 0.25) is 0 Å². The second-order valence-electron chi connectivity index (χ2n) is 3.51. The molecule has 0 aromatic rings. The number of aliphatic hydroxyl groups excluding tert-OH is 3. The van der Waals surface area contributed by atoms with Crippen molar-refractivity contribution >= 4 is 5.97 Å². The molecule has 1 heterocycles. The van der Waals surface area contributed by atoms with Crippen LogP contribution in [0.1, 0.15) is 13.3 Å². The maximum Gasteiger partial charge on any atom is 0.306 e. The van der Waals surface area contributed by atoms with Gasteiger partial charge in [0.1, 0.15) is 12.7 Å². The van der Waals surface area contributed by atoms with Crippen LogP contribution in [0.25, 0.3) is 0 Å². The van der Waals surface area contributed by atoms with Crippen LogP contribution in [0.5, 0.6) is 0 Å². The van der Waals surface area contributed by atoms with Crippen molar-refractivity contribution in [1.29, 1.82) is 0 Å². The van der Waals surface area contributed by atoms with Crippen LogP contribution in [0.3, 0.4) is 0 Å². The number of aliphatic hydroxyl groups is 3. The van der Waals surface area contributed by atoms with Crippen molar-refractivity contribution in [3.8, 4) is 0 Å². The first-order valence-electron chi connectivity index (χ1n) is 5.30. The standard InChI is InChI=1S/C11H16O6/c1-2-9(14)17-11(8(13)6-12)7-3-4-16-10(15)5-7/h3,5,8,11-13,15H,2,4,6H2,1H3. The van der Waals surface area contributed by atoms with Crippen molar-refractivity contribution in [3.05, 3.63) is 23.7 Å². The molecule has 96 valence electrons. The van der Waals surface area contributed by atoms with Crippen molar-refractivity contribution < 1.29 is 29.6 Å². The highest BCUT2D eigenvalue weighted by Gasteiger charge is 2.27. The van der Waals surface area contributed by atoms with Gasteiger partial charge >= 0.3 is 5.97 Å². The van der Waals surface area contributed by atoms with Crippen LogP contribution in [0.2, 0.25) is 0 Å². The Morgan fingerprint density at radius 1 is 1.65 bits per heavy atom. The third kappa shape index (κ3) is 3.76. The van der Waals surface area contributed by atoms with Crippen LogP contribution < -0.4 is 0 Å². The Morgan fingerprint density at radius 2 is 2.35 bits per heavy atom. The van der Waals surface area contributed by atoms with E-state index in [0.717, 1.165) is 0 Å². The van der Waals surface area contributed by atoms with E-state index in [4.69, 9.17) is 14.6 Å². The number of esters is 1. The number of hydrogen-bond acceptors (Lipinski definition) is 6. The molecule has 0 aromatic carbocycles. The van der Waals surface area contributed by atoms with E-state index in [9.17, 15) is 15.0 Å². The summed E-state index contributed by atoms with van der Waals surface area (Å²) in [5.41, 5.74) is 0.400. The summed E-state index contributed by atoms with van der Waals surface area (Å²) in [7, 11) is 0. The normalized spacial score (nSPS) is 18.5. The highest BCUT2D eigenvalue weighted by atomic mass is 16.6. The zero-order valence-electron chi connectivity index (χ0n) is 9.50. The zero-order chi connectivity index (χ0) is 12.8. The fourth-order valence-corrected chi connectivity index (χ4v) is 1.35. The van der Waals surface area contributed by atoms with Crippen LogP contribution in [0.4, 0.5) is 0 Å². The van der Waals surface area contributed by atoms with Gasteiger partial charge in [-0.25, -0.2) is 0 Å². The van der Waals surface area contributed by atoms with E-state index in [1.165, 1.54) is 6.08 Å². The number of carbonyl (C=O) groups excluding carboxylic acids is 1. The van der Waals surface area contributed by atoms with Gasteiger partial charge in [-0.1, -0.05) is 6.92 Å². The fourth-order valence-electron chi connectivity index (χ4n) is 1.35. The summed E-state index contributed by atoms with van der Waals surface area (Å²) in [5, 5.41) is 27.7. The highest BCUT2D eigenvalue weighted by molar-refractivity contribution is 5.69. The smallest absolute Gasteiger partial charge is 0.306 e. The van der Waals surface area contributed by atoms with Gasteiger partial charge < -0.3 is 24.8 Å². The molecule has 3 N–H and O–H groups in total. The lowest BCUT2D eigenvalue weighted by Gasteiger charge is -2.24. The number of carbonyl (C=O) groups is 1. The minimum atomic E-state index is -1.24. The quantitative estimate of drug-likeness (QED) is 0.590. The minimum Gasteiger partial charge on any atom is -0.481 e. The van der Waals surface area contributed by atoms with Crippen molar-refractivity contribution in [2.24, 2.45) is 0 Å². The largest absolute Gasteiger partial charge is 0.481 e. The Balaban J connectivity index is 2.82. The van der Waals surface area contributed by atoms with Crippen LogP contribution >= 0.6 is 0 Å². The Labute approximate surface area is 98.8 Å². The molecule has 1 aliphatic rings. The summed E-state index contributed by atoms with van der Waals surface area (Å²) >= 11 is 0. The maximum atomic E-state index is 11.2. The summed E-state index contributed by atoms with van der Waals surface area (Å²) in [6.07, 6.45) is 0.730. The van der Waals surface area contributed by atoms with E-state index in [1.54, 1.807) is 13.0 Å². The van der Waals surface area contributed by atoms with Gasteiger partial charge in [0.15, 0.2) is 6.10 Å². The Bertz CT molecular complexity index is 333. The molecule has 0 radical (unpaired) electrons. The van der Waals surface area contributed by atoms with Crippen molar-refractivity contribution in [2.45, 2.75) is 25.6 Å². The summed E-state index contributed by atoms with van der Waals surface area (Å²) in [6.45, 7) is 1.20. The summed E-state index contributed by atoms with van der Waals surface area (Å²) < 4.78 is 9.77. The molecule has 0 saturated heterocycles. The van der Waals surface area contributed by atoms with E-state index >= 15 is 0 Å². The molecule has 1 rings (SSSR count). The molecule has 2 atom stereocenters. The first-order valence-corrected chi connectivity index (χ1v) is 5.30. The lowest BCUT2D eigenvalue weighted by atomic mass is 10.0. The zero-order valence-corrected chi connectivity index (χ0v) is 9.50. The summed E-state index contributed by atoms with van der Waals surface area (Å²) in [4.78, 5) is 11.2. The van der Waals surface area contributed by atoms with E-state index in [1.807, 2.05) is 0 Å². The molecule has 6 nitrogen and oxygen atoms in total. The average Bonchev–Trinajstić information content (AvgIpc) is 2.34. The molecule has 0 aromatic heterocycles. The predicted octanol–water partition coefficient (Wildman–Crippen LogP) is 0.0174. The highest BCUT2D eigenvalue weighted by Crippen LogP contribution is 2.19. The van der Waals surface area contributed by atoms with E-state index in [0.29, 0.717) is 5.57 Å². The Morgan fingerprint density at radius 3 is 2.88 bits per heavy atom. The maximum absolute atomic E-state index is 11.2. The molecule has 0 bridgehead atoms. The van der Waals surface area contributed by atoms with Gasteiger partial charge in [0.05, 0.1) is 6.61 Å². The molecular weight excluding hydrogens is 228 g/mol. The second kappa shape index (κ2) is 6.27. The molecule has 0 amide bonds. The van der Waals surface area contributed by atoms with Gasteiger partial charge in [-0.05, 0) is 6.08 Å². The predicted molar refractivity (Wildman–Crippen MR) is 58.0 cm³/mol. The lowest BCUT2D eigenvalue weighted by Crippen LogP contribution is -2.36. The van der Waals surface area contributed by atoms with Gasteiger partial charge in [0, 0.05) is 18.1 Å². The second-order valence-corrected chi connectivity index (χ2v) is 3.51. The number of ether oxygens (including phenoxy) is 2. The van der Waals surface area contributed by atoms with Crippen LogP contribution in [0.15, 0.2) is 23.7 Å². The SMILES string of the molecule is CCC(=O)OC(C1=CCOC(O)=C1)C(O)CO. The van der Waals surface area contributed by atoms with Gasteiger partial charge in [-0.3, -0.25) is 4.79 Å². The van der Waals surface area contributed by atoms with E-state index < -0.39 is 24.8 Å². The number of rotatable bonds is 5. The van der Waals surface area contributed by atoms with Gasteiger partial charge in [0.25, 0.3) is 5.95 Å². The molecule has 2 unspecified atom stereocenters. The molecular formula is C11H16O6. The Kier molecular flexibility index (Phi) is 4.99. The monoisotopic (exact) mass is 244 g/mol. The molecule has 0 spiro atoms. The number of hydrogen-bond donors (Lipinski definition) is 3. The molecule has 0 saturated carbocycles. The molecule has 0 aliphatic carbocycles. The van der Waals surface area contributed by atoms with Crippen molar-refractivity contribution in [3.63, 3.8) is 0 Å². The fraction of sp³-hybridized carbons (Fsp3) is 0.545. The van der Waals surface area contributed by atoms with E-state index in [-0.39, 0.29) is 19.0 Å². The summed E-state index contributed by atoms with van der Waals surface area (Å²) in [6, 6.07) is 0. The molecule has 6 heteroatoms. The van der Waals surface area contributed by atoms with Crippen LogP contribution in [-0.4, -0.2) is 46.7 Å². The molecule has 0 fully saturated rings. The van der Waals surface area contributed by atoms with Crippen LogP contribution in [-0.2, 0) is 14.3 Å². The first kappa shape index (κ1) is 13.5. The third-order valence-electron chi connectivity index (χ3n) is 2.25. The third-order valence-corrected chi connectivity index (χ3v) is 2.25. The topological polar surface area (TPSA) is 96.2 Å². The van der Waals surface area contributed by atoms with Crippen LogP contribution in [0, 0.1) is 0 Å². The molecule has 1 aliphatic heterocycles. The average molecular weight is 244 g/mol. The molecule has 17 heavy (non-hydrogen) atoms.